The van der Waals surface area contributed by atoms with Crippen molar-refractivity contribution in [1.29, 1.82) is 0 Å². The smallest absolute Gasteiger partial charge is 0.127 e. The predicted molar refractivity (Wildman–Crippen MR) is 69.0 cm³/mol. The molecule has 0 unspecified atom stereocenters. The molecule has 0 atom stereocenters. The summed E-state index contributed by atoms with van der Waals surface area (Å²) in [5.41, 5.74) is 4.89. The molecule has 0 spiro atoms. The Morgan fingerprint density at radius 2 is 1.86 bits per heavy atom. The van der Waals surface area contributed by atoms with Gasteiger partial charge in [-0.15, -0.1) is 5.54 Å². The molecule has 0 fully saturated rings. The Labute approximate surface area is 90.8 Å². The van der Waals surface area contributed by atoms with Gasteiger partial charge in [0.1, 0.15) is 8.07 Å². The van der Waals surface area contributed by atoms with Crippen LogP contribution in [-0.4, -0.2) is 8.07 Å². The zero-order chi connectivity index (χ0) is 11.0. The van der Waals surface area contributed by atoms with Gasteiger partial charge in [0.25, 0.3) is 0 Å². The molecule has 0 aromatic carbocycles. The maximum Gasteiger partial charge on any atom is 0.129 e. The van der Waals surface area contributed by atoms with Crippen molar-refractivity contribution in [2.24, 2.45) is 0 Å². The molecule has 0 heterocycles. The molecule has 0 aliphatic carbocycles. The summed E-state index contributed by atoms with van der Waals surface area (Å²) in [6.07, 6.45) is 7.11. The summed E-state index contributed by atoms with van der Waals surface area (Å²) in [6, 6.07) is 0. The molecule has 14 heavy (non-hydrogen) atoms. The van der Waals surface area contributed by atoms with Gasteiger partial charge in [0.05, 0.1) is 0 Å². The summed E-state index contributed by atoms with van der Waals surface area (Å²) in [5, 5.41) is 0. The molecule has 0 radical (unpaired) electrons. The summed E-state index contributed by atoms with van der Waals surface area (Å²) >= 11 is 0. The zero-order valence-electron chi connectivity index (χ0n) is 10.4. The summed E-state index contributed by atoms with van der Waals surface area (Å²) < 4.78 is 0. The van der Waals surface area contributed by atoms with Gasteiger partial charge in [-0.25, -0.2) is 0 Å². The first kappa shape index (κ1) is 13.5. The standard InChI is InChI=1S/C13H24Si/c1-6-8-10-13(7-2)11-9-12-14(3,4)5/h11H,6-8,10H2,1-5H3. The maximum absolute atomic E-state index is 3.38. The number of unbranched alkanes of at least 4 members (excludes halogenated alkanes) is 1. The number of hydrogen-bond acceptors (Lipinski definition) is 0. The van der Waals surface area contributed by atoms with Crippen LogP contribution < -0.4 is 0 Å². The lowest BCUT2D eigenvalue weighted by atomic mass is 10.1. The largest absolute Gasteiger partial charge is 0.129 e. The average Bonchev–Trinajstić information content (AvgIpc) is 2.09. The normalized spacial score (nSPS) is 12.2. The molecule has 0 saturated carbocycles. The van der Waals surface area contributed by atoms with Crippen LogP contribution in [0.2, 0.25) is 19.6 Å². The van der Waals surface area contributed by atoms with Gasteiger partial charge in [-0.3, -0.25) is 0 Å². The van der Waals surface area contributed by atoms with Crippen molar-refractivity contribution < 1.29 is 0 Å². The molecule has 0 aromatic rings. The summed E-state index contributed by atoms with van der Waals surface area (Å²) in [7, 11) is -1.17. The van der Waals surface area contributed by atoms with Gasteiger partial charge >= 0.3 is 0 Å². The Bertz CT molecular complexity index is 232. The average molecular weight is 208 g/mol. The van der Waals surface area contributed by atoms with Gasteiger partial charge in [0.15, 0.2) is 0 Å². The molecular weight excluding hydrogens is 184 g/mol. The predicted octanol–water partition coefficient (Wildman–Crippen LogP) is 4.39. The third kappa shape index (κ3) is 8.13. The summed E-state index contributed by atoms with van der Waals surface area (Å²) in [4.78, 5) is 0. The van der Waals surface area contributed by atoms with E-state index in [0.29, 0.717) is 0 Å². The Morgan fingerprint density at radius 1 is 1.21 bits per heavy atom. The van der Waals surface area contributed by atoms with E-state index in [1.165, 1.54) is 24.8 Å². The molecule has 0 aromatic heterocycles. The highest BCUT2D eigenvalue weighted by molar-refractivity contribution is 6.83. The van der Waals surface area contributed by atoms with E-state index in [9.17, 15) is 0 Å². The van der Waals surface area contributed by atoms with Gasteiger partial charge in [0.2, 0.25) is 0 Å². The van der Waals surface area contributed by atoms with Crippen LogP contribution in [0.1, 0.15) is 39.5 Å². The second-order valence-electron chi connectivity index (χ2n) is 4.78. The Hall–Kier alpha value is -0.483. The first-order chi connectivity index (χ1) is 6.49. The zero-order valence-corrected chi connectivity index (χ0v) is 11.4. The molecule has 0 nitrogen and oxygen atoms in total. The van der Waals surface area contributed by atoms with Crippen LogP contribution in [0, 0.1) is 11.5 Å². The van der Waals surface area contributed by atoms with Gasteiger partial charge in [-0.1, -0.05) is 51.4 Å². The highest BCUT2D eigenvalue weighted by atomic mass is 28.3. The van der Waals surface area contributed by atoms with Crippen molar-refractivity contribution in [2.75, 3.05) is 0 Å². The van der Waals surface area contributed by atoms with Crippen LogP contribution in [0.4, 0.5) is 0 Å². The first-order valence-corrected chi connectivity index (χ1v) is 9.20. The molecule has 0 N–H and O–H groups in total. The lowest BCUT2D eigenvalue weighted by Crippen LogP contribution is -2.16. The summed E-state index contributed by atoms with van der Waals surface area (Å²) in [5.74, 6) is 3.23. The van der Waals surface area contributed by atoms with Crippen LogP contribution in [0.3, 0.4) is 0 Å². The highest BCUT2D eigenvalue weighted by Gasteiger charge is 2.06. The molecule has 1 heteroatoms. The Balaban J connectivity index is 4.21. The quantitative estimate of drug-likeness (QED) is 0.475. The monoisotopic (exact) mass is 208 g/mol. The fourth-order valence-electron chi connectivity index (χ4n) is 1.11. The minimum atomic E-state index is -1.17. The Morgan fingerprint density at radius 3 is 2.29 bits per heavy atom. The van der Waals surface area contributed by atoms with E-state index in [1.807, 2.05) is 0 Å². The number of rotatable bonds is 4. The van der Waals surface area contributed by atoms with Crippen molar-refractivity contribution in [3.05, 3.63) is 11.6 Å². The van der Waals surface area contributed by atoms with Gasteiger partial charge < -0.3 is 0 Å². The van der Waals surface area contributed by atoms with Gasteiger partial charge in [-0.05, 0) is 25.3 Å². The molecule has 0 aliphatic heterocycles. The van der Waals surface area contributed by atoms with Crippen molar-refractivity contribution in [3.63, 3.8) is 0 Å². The second kappa shape index (κ2) is 6.90. The van der Waals surface area contributed by atoms with E-state index in [-0.39, 0.29) is 0 Å². The first-order valence-electron chi connectivity index (χ1n) is 5.70. The minimum Gasteiger partial charge on any atom is -0.127 e. The third-order valence-corrected chi connectivity index (χ3v) is 2.92. The van der Waals surface area contributed by atoms with E-state index in [2.05, 4.69) is 51.0 Å². The van der Waals surface area contributed by atoms with Crippen LogP contribution >= 0.6 is 0 Å². The van der Waals surface area contributed by atoms with Crippen molar-refractivity contribution in [3.8, 4) is 11.5 Å². The van der Waals surface area contributed by atoms with E-state index in [0.717, 1.165) is 6.42 Å². The van der Waals surface area contributed by atoms with Crippen LogP contribution in [0.5, 0.6) is 0 Å². The van der Waals surface area contributed by atoms with E-state index >= 15 is 0 Å². The fourth-order valence-corrected chi connectivity index (χ4v) is 1.61. The van der Waals surface area contributed by atoms with Crippen LogP contribution in [-0.2, 0) is 0 Å². The molecular formula is C13H24Si. The lowest BCUT2D eigenvalue weighted by molar-refractivity contribution is 0.767. The van der Waals surface area contributed by atoms with Crippen LogP contribution in [0.15, 0.2) is 11.6 Å². The van der Waals surface area contributed by atoms with Crippen molar-refractivity contribution >= 4 is 8.07 Å². The van der Waals surface area contributed by atoms with E-state index < -0.39 is 8.07 Å². The molecule has 80 valence electrons. The van der Waals surface area contributed by atoms with Gasteiger partial charge in [-0.2, -0.15) is 0 Å². The molecule has 0 saturated heterocycles. The minimum absolute atomic E-state index is 1.15. The van der Waals surface area contributed by atoms with Crippen molar-refractivity contribution in [1.82, 2.24) is 0 Å². The molecule has 0 bridgehead atoms. The topological polar surface area (TPSA) is 0 Å². The number of allylic oxidation sites excluding steroid dienone is 2. The number of hydrogen-bond donors (Lipinski definition) is 0. The summed E-state index contributed by atoms with van der Waals surface area (Å²) in [6.45, 7) is 11.3. The lowest BCUT2D eigenvalue weighted by Gasteiger charge is -2.03. The highest BCUT2D eigenvalue weighted by Crippen LogP contribution is 2.10. The SMILES string of the molecule is CCCCC(=CC#C[Si](C)(C)C)CC. The molecule has 0 rings (SSSR count). The maximum atomic E-state index is 3.38. The second-order valence-corrected chi connectivity index (χ2v) is 9.53. The fraction of sp³-hybridized carbons (Fsp3) is 0.692. The van der Waals surface area contributed by atoms with Crippen LogP contribution in [0.25, 0.3) is 0 Å². The van der Waals surface area contributed by atoms with E-state index in [1.54, 1.807) is 0 Å². The Kier molecular flexibility index (Phi) is 6.66. The molecule has 0 aliphatic rings. The van der Waals surface area contributed by atoms with Crippen molar-refractivity contribution in [2.45, 2.75) is 59.2 Å². The third-order valence-electron chi connectivity index (χ3n) is 2.03. The van der Waals surface area contributed by atoms with Gasteiger partial charge in [0, 0.05) is 0 Å². The van der Waals surface area contributed by atoms with E-state index in [4.69, 9.17) is 0 Å². The molecule has 0 amide bonds.